The third kappa shape index (κ3) is 7.37. The van der Waals surface area contributed by atoms with Crippen molar-refractivity contribution in [3.8, 4) is 0 Å². The molecule has 0 aliphatic rings. The SMILES string of the molecule is CCCC(CC)N[C@@H](C)COC(=O)C(C)(C)C. The zero-order valence-corrected chi connectivity index (χ0v) is 12.3. The number of carbonyl (C=O) groups is 1. The molecule has 0 aromatic carbocycles. The van der Waals surface area contributed by atoms with E-state index in [1.807, 2.05) is 20.8 Å². The average Bonchev–Trinajstić information content (AvgIpc) is 2.23. The molecule has 0 bridgehead atoms. The Bertz CT molecular complexity index is 221. The van der Waals surface area contributed by atoms with Gasteiger partial charge in [0, 0.05) is 12.1 Å². The number of nitrogens with one attached hydrogen (secondary N) is 1. The van der Waals surface area contributed by atoms with E-state index in [2.05, 4.69) is 26.1 Å². The van der Waals surface area contributed by atoms with Crippen molar-refractivity contribution in [1.29, 1.82) is 0 Å². The smallest absolute Gasteiger partial charge is 0.311 e. The van der Waals surface area contributed by atoms with Gasteiger partial charge in [0.25, 0.3) is 0 Å². The van der Waals surface area contributed by atoms with E-state index >= 15 is 0 Å². The van der Waals surface area contributed by atoms with Crippen LogP contribution in [0.3, 0.4) is 0 Å². The molecule has 102 valence electrons. The van der Waals surface area contributed by atoms with Crippen LogP contribution in [0.2, 0.25) is 0 Å². The molecule has 2 atom stereocenters. The highest BCUT2D eigenvalue weighted by Crippen LogP contribution is 2.15. The Labute approximate surface area is 106 Å². The molecule has 3 nitrogen and oxygen atoms in total. The van der Waals surface area contributed by atoms with Crippen LogP contribution in [0.5, 0.6) is 0 Å². The average molecular weight is 243 g/mol. The highest BCUT2D eigenvalue weighted by molar-refractivity contribution is 5.75. The number of rotatable bonds is 7. The van der Waals surface area contributed by atoms with E-state index in [1.54, 1.807) is 0 Å². The van der Waals surface area contributed by atoms with Gasteiger partial charge in [0.05, 0.1) is 5.41 Å². The van der Waals surface area contributed by atoms with Crippen molar-refractivity contribution in [2.24, 2.45) is 5.41 Å². The van der Waals surface area contributed by atoms with Gasteiger partial charge in [0.1, 0.15) is 6.61 Å². The van der Waals surface area contributed by atoms with Crippen LogP contribution in [-0.2, 0) is 9.53 Å². The van der Waals surface area contributed by atoms with Gasteiger partial charge in [-0.15, -0.1) is 0 Å². The van der Waals surface area contributed by atoms with Gasteiger partial charge >= 0.3 is 5.97 Å². The number of ether oxygens (including phenoxy) is 1. The molecule has 0 aromatic heterocycles. The largest absolute Gasteiger partial charge is 0.464 e. The van der Waals surface area contributed by atoms with Crippen LogP contribution < -0.4 is 5.32 Å². The Morgan fingerprint density at radius 3 is 2.29 bits per heavy atom. The molecular weight excluding hydrogens is 214 g/mol. The molecule has 0 saturated carbocycles. The molecule has 1 unspecified atom stereocenters. The Morgan fingerprint density at radius 2 is 1.88 bits per heavy atom. The Balaban J connectivity index is 3.94. The fourth-order valence-electron chi connectivity index (χ4n) is 1.62. The lowest BCUT2D eigenvalue weighted by Crippen LogP contribution is -2.40. The summed E-state index contributed by atoms with van der Waals surface area (Å²) in [6.07, 6.45) is 3.47. The highest BCUT2D eigenvalue weighted by atomic mass is 16.5. The fraction of sp³-hybridized carbons (Fsp3) is 0.929. The van der Waals surface area contributed by atoms with Crippen molar-refractivity contribution >= 4 is 5.97 Å². The maximum Gasteiger partial charge on any atom is 0.311 e. The molecule has 0 aliphatic heterocycles. The van der Waals surface area contributed by atoms with Crippen LogP contribution in [0.1, 0.15) is 60.8 Å². The van der Waals surface area contributed by atoms with Gasteiger partial charge in [-0.1, -0.05) is 20.3 Å². The minimum atomic E-state index is -0.409. The number of carbonyl (C=O) groups excluding carboxylic acids is 1. The summed E-state index contributed by atoms with van der Waals surface area (Å²) in [5.41, 5.74) is -0.409. The Kier molecular flexibility index (Phi) is 7.44. The van der Waals surface area contributed by atoms with Gasteiger partial charge < -0.3 is 10.1 Å². The van der Waals surface area contributed by atoms with Gasteiger partial charge in [-0.2, -0.15) is 0 Å². The summed E-state index contributed by atoms with van der Waals surface area (Å²) >= 11 is 0. The molecule has 0 amide bonds. The van der Waals surface area contributed by atoms with Crippen LogP contribution in [0.4, 0.5) is 0 Å². The maximum atomic E-state index is 11.6. The van der Waals surface area contributed by atoms with Crippen LogP contribution >= 0.6 is 0 Å². The molecule has 1 N–H and O–H groups in total. The lowest BCUT2D eigenvalue weighted by Gasteiger charge is -2.23. The summed E-state index contributed by atoms with van der Waals surface area (Å²) in [4.78, 5) is 11.6. The van der Waals surface area contributed by atoms with E-state index < -0.39 is 5.41 Å². The van der Waals surface area contributed by atoms with Gasteiger partial charge in [-0.25, -0.2) is 0 Å². The molecule has 0 heterocycles. The molecule has 0 spiro atoms. The third-order valence-electron chi connectivity index (χ3n) is 2.73. The first-order chi connectivity index (χ1) is 7.81. The second-order valence-corrected chi connectivity index (χ2v) is 5.81. The van der Waals surface area contributed by atoms with Gasteiger partial charge in [0.2, 0.25) is 0 Å². The quantitative estimate of drug-likeness (QED) is 0.698. The van der Waals surface area contributed by atoms with Crippen molar-refractivity contribution in [3.63, 3.8) is 0 Å². The molecular formula is C14H29NO2. The zero-order valence-electron chi connectivity index (χ0n) is 12.3. The van der Waals surface area contributed by atoms with Crippen molar-refractivity contribution in [2.75, 3.05) is 6.61 Å². The summed E-state index contributed by atoms with van der Waals surface area (Å²) in [5.74, 6) is -0.130. The predicted octanol–water partition coefficient (Wildman–Crippen LogP) is 3.13. The first kappa shape index (κ1) is 16.4. The lowest BCUT2D eigenvalue weighted by molar-refractivity contribution is -0.153. The van der Waals surface area contributed by atoms with Gasteiger partial charge in [-0.05, 0) is 40.5 Å². The molecule has 3 heteroatoms. The van der Waals surface area contributed by atoms with E-state index in [4.69, 9.17) is 4.74 Å². The topological polar surface area (TPSA) is 38.3 Å². The summed E-state index contributed by atoms with van der Waals surface area (Å²) in [5, 5.41) is 3.50. The molecule has 0 aromatic rings. The third-order valence-corrected chi connectivity index (χ3v) is 2.73. The Hall–Kier alpha value is -0.570. The minimum Gasteiger partial charge on any atom is -0.464 e. The van der Waals surface area contributed by atoms with Gasteiger partial charge in [0.15, 0.2) is 0 Å². The predicted molar refractivity (Wildman–Crippen MR) is 72.0 cm³/mol. The van der Waals surface area contributed by atoms with Crippen molar-refractivity contribution < 1.29 is 9.53 Å². The summed E-state index contributed by atoms with van der Waals surface area (Å²) < 4.78 is 5.29. The molecule has 17 heavy (non-hydrogen) atoms. The van der Waals surface area contributed by atoms with E-state index in [-0.39, 0.29) is 12.0 Å². The van der Waals surface area contributed by atoms with Crippen molar-refractivity contribution in [2.45, 2.75) is 72.9 Å². The molecule has 0 fully saturated rings. The zero-order chi connectivity index (χ0) is 13.5. The van der Waals surface area contributed by atoms with Crippen LogP contribution in [-0.4, -0.2) is 24.7 Å². The van der Waals surface area contributed by atoms with Crippen molar-refractivity contribution in [1.82, 2.24) is 5.32 Å². The summed E-state index contributed by atoms with van der Waals surface area (Å²) in [7, 11) is 0. The summed E-state index contributed by atoms with van der Waals surface area (Å²) in [6, 6.07) is 0.751. The summed E-state index contributed by atoms with van der Waals surface area (Å²) in [6.45, 7) is 12.5. The monoisotopic (exact) mass is 243 g/mol. The highest BCUT2D eigenvalue weighted by Gasteiger charge is 2.23. The first-order valence-electron chi connectivity index (χ1n) is 6.74. The van der Waals surface area contributed by atoms with Crippen LogP contribution in [0.15, 0.2) is 0 Å². The number of esters is 1. The molecule has 0 aliphatic carbocycles. The Morgan fingerprint density at radius 1 is 1.29 bits per heavy atom. The fourth-order valence-corrected chi connectivity index (χ4v) is 1.62. The maximum absolute atomic E-state index is 11.6. The van der Waals surface area contributed by atoms with Crippen LogP contribution in [0, 0.1) is 5.41 Å². The molecule has 0 radical (unpaired) electrons. The normalized spacial score (nSPS) is 15.4. The van der Waals surface area contributed by atoms with Crippen molar-refractivity contribution in [3.05, 3.63) is 0 Å². The van der Waals surface area contributed by atoms with E-state index in [1.165, 1.54) is 12.8 Å². The van der Waals surface area contributed by atoms with E-state index in [0.717, 1.165) is 6.42 Å². The molecule has 0 saturated heterocycles. The second-order valence-electron chi connectivity index (χ2n) is 5.81. The molecule has 0 rings (SSSR count). The van der Waals surface area contributed by atoms with E-state index in [9.17, 15) is 4.79 Å². The second kappa shape index (κ2) is 7.70. The standard InChI is InChI=1S/C14H29NO2/c1-7-9-12(8-2)15-11(3)10-17-13(16)14(4,5)6/h11-12,15H,7-10H2,1-6H3/t11-,12?/m0/s1. The van der Waals surface area contributed by atoms with Crippen LogP contribution in [0.25, 0.3) is 0 Å². The lowest BCUT2D eigenvalue weighted by atomic mass is 9.97. The number of hydrogen-bond acceptors (Lipinski definition) is 3. The number of hydrogen-bond donors (Lipinski definition) is 1. The first-order valence-corrected chi connectivity index (χ1v) is 6.74. The minimum absolute atomic E-state index is 0.130. The van der Waals surface area contributed by atoms with E-state index in [0.29, 0.717) is 12.6 Å². The van der Waals surface area contributed by atoms with Gasteiger partial charge in [-0.3, -0.25) is 4.79 Å².